The molecule has 10 heteroatoms. The van der Waals surface area contributed by atoms with Crippen molar-refractivity contribution in [3.63, 3.8) is 0 Å². The summed E-state index contributed by atoms with van der Waals surface area (Å²) < 4.78 is 6.89. The lowest BCUT2D eigenvalue weighted by Gasteiger charge is -2.10. The third-order valence-electron chi connectivity index (χ3n) is 5.39. The molecule has 3 N–H and O–H groups in total. The highest BCUT2D eigenvalue weighted by Crippen LogP contribution is 2.30. The van der Waals surface area contributed by atoms with E-state index in [1.165, 1.54) is 0 Å². The number of nitrogens with one attached hydrogen (secondary N) is 3. The third kappa shape index (κ3) is 4.78. The number of nitrogens with zero attached hydrogens (tertiary/aromatic N) is 3. The maximum absolute atomic E-state index is 13.3. The smallest absolute Gasteiger partial charge is 0.319 e. The second-order valence-corrected chi connectivity index (χ2v) is 8.81. The van der Waals surface area contributed by atoms with Crippen LogP contribution in [0.2, 0.25) is 0 Å². The van der Waals surface area contributed by atoms with Crippen LogP contribution < -0.4 is 16.0 Å². The molecule has 0 bridgehead atoms. The topological polar surface area (TPSA) is 114 Å². The number of carbonyl (C=O) groups is 2. The lowest BCUT2D eigenvalue weighted by atomic mass is 10.1. The van der Waals surface area contributed by atoms with E-state index in [-0.39, 0.29) is 18.5 Å². The summed E-state index contributed by atoms with van der Waals surface area (Å²) >= 11 is 1.56. The highest BCUT2D eigenvalue weighted by molar-refractivity contribution is 7.13. The van der Waals surface area contributed by atoms with Crippen molar-refractivity contribution in [2.45, 2.75) is 13.5 Å². The maximum Gasteiger partial charge on any atom is 0.319 e. The van der Waals surface area contributed by atoms with Crippen LogP contribution in [0, 0.1) is 6.92 Å². The fourth-order valence-electron chi connectivity index (χ4n) is 3.77. The molecule has 1 aromatic carbocycles. The maximum atomic E-state index is 13.3. The van der Waals surface area contributed by atoms with Crippen LogP contribution in [0.15, 0.2) is 70.7 Å². The summed E-state index contributed by atoms with van der Waals surface area (Å²) in [6.45, 7) is 2.15. The number of aryl methyl sites for hydroxylation is 2. The molecule has 176 valence electrons. The van der Waals surface area contributed by atoms with Gasteiger partial charge in [0.05, 0.1) is 40.0 Å². The summed E-state index contributed by atoms with van der Waals surface area (Å²) in [6.07, 6.45) is 1.55. The number of aromatic nitrogens is 3. The lowest BCUT2D eigenvalue weighted by molar-refractivity contribution is 0.102. The Balaban J connectivity index is 1.32. The highest BCUT2D eigenvalue weighted by Gasteiger charge is 2.20. The van der Waals surface area contributed by atoms with Crippen molar-refractivity contribution in [3.05, 3.63) is 83.3 Å². The van der Waals surface area contributed by atoms with Gasteiger partial charge in [0.2, 0.25) is 0 Å². The van der Waals surface area contributed by atoms with E-state index >= 15 is 0 Å². The minimum Gasteiger partial charge on any atom is -0.467 e. The quantitative estimate of drug-likeness (QED) is 0.306. The number of hydrogen-bond acceptors (Lipinski definition) is 6. The molecule has 3 amide bonds. The highest BCUT2D eigenvalue weighted by atomic mass is 32.1. The Morgan fingerprint density at radius 2 is 1.83 bits per heavy atom. The molecule has 5 aromatic rings. The predicted molar refractivity (Wildman–Crippen MR) is 136 cm³/mol. The summed E-state index contributed by atoms with van der Waals surface area (Å²) in [5.74, 6) is 0.401. The normalized spacial score (nSPS) is 10.9. The van der Waals surface area contributed by atoms with Crippen molar-refractivity contribution >= 4 is 45.7 Å². The number of fused-ring (bicyclic) bond motifs is 1. The number of anilines is 2. The van der Waals surface area contributed by atoms with Crippen LogP contribution in [0.1, 0.15) is 21.8 Å². The van der Waals surface area contributed by atoms with Gasteiger partial charge in [0.25, 0.3) is 5.91 Å². The molecule has 4 aromatic heterocycles. The summed E-state index contributed by atoms with van der Waals surface area (Å²) in [4.78, 5) is 31.1. The second kappa shape index (κ2) is 9.43. The van der Waals surface area contributed by atoms with Crippen LogP contribution in [0.3, 0.4) is 0 Å². The van der Waals surface area contributed by atoms with Gasteiger partial charge < -0.3 is 20.4 Å². The van der Waals surface area contributed by atoms with E-state index in [4.69, 9.17) is 9.40 Å². The number of amides is 3. The van der Waals surface area contributed by atoms with Gasteiger partial charge in [-0.05, 0) is 60.8 Å². The van der Waals surface area contributed by atoms with Crippen molar-refractivity contribution in [1.29, 1.82) is 0 Å². The second-order valence-electron chi connectivity index (χ2n) is 7.86. The number of thiophene rings is 1. The molecule has 4 heterocycles. The zero-order valence-electron chi connectivity index (χ0n) is 19.0. The molecule has 9 nitrogen and oxygen atoms in total. The number of furan rings is 1. The number of pyridine rings is 1. The van der Waals surface area contributed by atoms with Gasteiger partial charge in [0, 0.05) is 18.4 Å². The van der Waals surface area contributed by atoms with E-state index in [0.29, 0.717) is 28.3 Å². The first kappa shape index (κ1) is 22.4. The number of urea groups is 1. The molecule has 0 fully saturated rings. The minimum atomic E-state index is -0.356. The van der Waals surface area contributed by atoms with Gasteiger partial charge >= 0.3 is 6.03 Å². The van der Waals surface area contributed by atoms with Crippen LogP contribution in [0.4, 0.5) is 16.2 Å². The first-order valence-electron chi connectivity index (χ1n) is 10.8. The largest absolute Gasteiger partial charge is 0.467 e. The average Bonchev–Trinajstić information content (AvgIpc) is 3.61. The Labute approximate surface area is 204 Å². The van der Waals surface area contributed by atoms with Gasteiger partial charge in [-0.2, -0.15) is 5.10 Å². The third-order valence-corrected chi connectivity index (χ3v) is 6.28. The van der Waals surface area contributed by atoms with Crippen LogP contribution in [-0.4, -0.2) is 26.7 Å². The van der Waals surface area contributed by atoms with E-state index in [1.54, 1.807) is 64.7 Å². The van der Waals surface area contributed by atoms with Gasteiger partial charge in [0.1, 0.15) is 5.76 Å². The minimum absolute atomic E-state index is 0.261. The number of benzene rings is 1. The number of rotatable bonds is 6. The van der Waals surface area contributed by atoms with Crippen LogP contribution >= 0.6 is 11.3 Å². The SMILES string of the molecule is Cc1nn(C)c2nc(-c3cccs3)cc(C(=O)Nc3ccc(NC(=O)NCc4ccco4)cc3)c12. The Hall–Kier alpha value is -4.44. The van der Waals surface area contributed by atoms with Gasteiger partial charge in [-0.15, -0.1) is 11.3 Å². The molecule has 0 saturated carbocycles. The zero-order valence-corrected chi connectivity index (χ0v) is 19.8. The Morgan fingerprint density at radius 1 is 1.06 bits per heavy atom. The van der Waals surface area contributed by atoms with Crippen LogP contribution in [-0.2, 0) is 13.6 Å². The van der Waals surface area contributed by atoms with Crippen LogP contribution in [0.5, 0.6) is 0 Å². The van der Waals surface area contributed by atoms with Gasteiger partial charge in [-0.1, -0.05) is 6.07 Å². The molecule has 0 aliphatic rings. The van der Waals surface area contributed by atoms with Crippen molar-refractivity contribution in [3.8, 4) is 10.6 Å². The predicted octanol–water partition coefficient (Wildman–Crippen LogP) is 5.17. The molecule has 0 saturated heterocycles. The summed E-state index contributed by atoms with van der Waals surface area (Å²) in [7, 11) is 1.82. The van der Waals surface area contributed by atoms with Crippen molar-refractivity contribution in [2.24, 2.45) is 7.05 Å². The average molecular weight is 487 g/mol. The molecule has 35 heavy (non-hydrogen) atoms. The van der Waals surface area contributed by atoms with E-state index in [9.17, 15) is 9.59 Å². The fourth-order valence-corrected chi connectivity index (χ4v) is 4.45. The molecule has 0 spiro atoms. The summed E-state index contributed by atoms with van der Waals surface area (Å²) in [5, 5.41) is 15.6. The summed E-state index contributed by atoms with van der Waals surface area (Å²) in [5.41, 5.74) is 3.80. The van der Waals surface area contributed by atoms with Crippen molar-refractivity contribution in [1.82, 2.24) is 20.1 Å². The molecule has 0 aliphatic heterocycles. The molecule has 0 radical (unpaired) electrons. The van der Waals surface area contributed by atoms with E-state index in [1.807, 2.05) is 31.5 Å². The molecular formula is C25H22N6O3S. The van der Waals surface area contributed by atoms with E-state index in [2.05, 4.69) is 21.0 Å². The Morgan fingerprint density at radius 3 is 2.51 bits per heavy atom. The number of hydrogen-bond donors (Lipinski definition) is 3. The molecule has 0 unspecified atom stereocenters. The van der Waals surface area contributed by atoms with Crippen molar-refractivity contribution < 1.29 is 14.0 Å². The zero-order chi connectivity index (χ0) is 24.4. The Bertz CT molecular complexity index is 1490. The van der Waals surface area contributed by atoms with E-state index in [0.717, 1.165) is 21.7 Å². The van der Waals surface area contributed by atoms with Gasteiger partial charge in [0.15, 0.2) is 5.65 Å². The first-order valence-corrected chi connectivity index (χ1v) is 11.7. The summed E-state index contributed by atoms with van der Waals surface area (Å²) in [6, 6.07) is 15.8. The number of carbonyl (C=O) groups excluding carboxylic acids is 2. The van der Waals surface area contributed by atoms with E-state index < -0.39 is 0 Å². The fraction of sp³-hybridized carbons (Fsp3) is 0.120. The Kier molecular flexibility index (Phi) is 6.02. The van der Waals surface area contributed by atoms with Gasteiger partial charge in [-0.3, -0.25) is 9.48 Å². The molecule has 0 atom stereocenters. The van der Waals surface area contributed by atoms with Crippen molar-refractivity contribution in [2.75, 3.05) is 10.6 Å². The van der Waals surface area contributed by atoms with Gasteiger partial charge in [-0.25, -0.2) is 9.78 Å². The monoisotopic (exact) mass is 486 g/mol. The molecule has 0 aliphatic carbocycles. The molecule has 5 rings (SSSR count). The molecular weight excluding hydrogens is 464 g/mol. The standard InChI is InChI=1S/C25H22N6O3S/c1-15-22-19(13-20(21-6-4-12-35-21)29-23(22)31(2)30-15)24(32)27-16-7-9-17(10-8-16)28-25(33)26-14-18-5-3-11-34-18/h3-13H,14H2,1-2H3,(H,27,32)(H2,26,28,33). The first-order chi connectivity index (χ1) is 17.0. The van der Waals surface area contributed by atoms with Crippen LogP contribution in [0.25, 0.3) is 21.6 Å². The lowest BCUT2D eigenvalue weighted by Crippen LogP contribution is -2.27.